The zero-order valence-corrected chi connectivity index (χ0v) is 24.0. The average molecular weight is 572 g/mol. The Bertz CT molecular complexity index is 1400. The van der Waals surface area contributed by atoms with Crippen LogP contribution in [0, 0.1) is 0 Å². The summed E-state index contributed by atoms with van der Waals surface area (Å²) in [5.41, 5.74) is 4.85. The van der Waals surface area contributed by atoms with E-state index in [4.69, 9.17) is 19.1 Å². The van der Waals surface area contributed by atoms with Crippen molar-refractivity contribution in [2.24, 2.45) is 0 Å². The zero-order chi connectivity index (χ0) is 28.6. The fourth-order valence-corrected chi connectivity index (χ4v) is 6.92. The van der Waals surface area contributed by atoms with E-state index in [0.717, 1.165) is 38.5 Å². The molecule has 0 unspecified atom stereocenters. The van der Waals surface area contributed by atoms with E-state index in [9.17, 15) is 9.59 Å². The lowest BCUT2D eigenvalue weighted by molar-refractivity contribution is -0.130. The molecule has 2 aromatic carbocycles. The largest absolute Gasteiger partial charge is 0.448 e. The van der Waals surface area contributed by atoms with Gasteiger partial charge < -0.3 is 19.1 Å². The van der Waals surface area contributed by atoms with Gasteiger partial charge in [0.2, 0.25) is 5.89 Å². The van der Waals surface area contributed by atoms with Gasteiger partial charge in [0.25, 0.3) is 0 Å². The van der Waals surface area contributed by atoms with Crippen molar-refractivity contribution in [3.63, 3.8) is 0 Å². The van der Waals surface area contributed by atoms with Gasteiger partial charge in [0.1, 0.15) is 12.6 Å². The average Bonchev–Trinajstić information content (AvgIpc) is 3.71. The zero-order valence-electron chi connectivity index (χ0n) is 24.0. The minimum Gasteiger partial charge on any atom is -0.448 e. The number of carbonyl (C=O) groups is 2. The Morgan fingerprint density at radius 1 is 1.00 bits per heavy atom. The van der Waals surface area contributed by atoms with Crippen molar-refractivity contribution in [1.82, 2.24) is 25.0 Å². The minimum absolute atomic E-state index is 0.0455. The van der Waals surface area contributed by atoms with E-state index in [1.807, 2.05) is 12.1 Å². The number of fused-ring (bicyclic) bond motifs is 5. The van der Waals surface area contributed by atoms with Gasteiger partial charge in [-0.1, -0.05) is 67.0 Å². The number of piperidine rings is 2. The quantitative estimate of drug-likeness (QED) is 0.312. The van der Waals surface area contributed by atoms with Crippen LogP contribution in [0.5, 0.6) is 0 Å². The molecule has 2 atom stereocenters. The highest BCUT2D eigenvalue weighted by atomic mass is 16.7. The minimum atomic E-state index is -0.279. The Balaban J connectivity index is 0.932. The van der Waals surface area contributed by atoms with Gasteiger partial charge in [0.15, 0.2) is 5.82 Å². The summed E-state index contributed by atoms with van der Waals surface area (Å²) in [6.45, 7) is 4.74. The summed E-state index contributed by atoms with van der Waals surface area (Å²) >= 11 is 0. The number of hydrogen-bond acceptors (Lipinski definition) is 7. The monoisotopic (exact) mass is 571 g/mol. The fourth-order valence-electron chi connectivity index (χ4n) is 6.92. The number of likely N-dealkylation sites (tertiary alicyclic amines) is 1. The molecule has 3 aliphatic heterocycles. The predicted molar refractivity (Wildman–Crippen MR) is 153 cm³/mol. The first kappa shape index (κ1) is 26.9. The van der Waals surface area contributed by atoms with Crippen molar-refractivity contribution in [3.05, 3.63) is 71.4 Å². The molecule has 10 nitrogen and oxygen atoms in total. The molecule has 4 aliphatic rings. The topological polar surface area (TPSA) is 101 Å². The number of urea groups is 1. The molecule has 3 saturated heterocycles. The first-order chi connectivity index (χ1) is 20.6. The first-order valence-corrected chi connectivity index (χ1v) is 15.3. The Hall–Kier alpha value is -3.92. The van der Waals surface area contributed by atoms with Crippen LogP contribution in [0.2, 0.25) is 0 Å². The summed E-state index contributed by atoms with van der Waals surface area (Å²) in [4.78, 5) is 40.2. The molecule has 1 aliphatic carbocycles. The molecule has 0 radical (unpaired) electrons. The molecule has 0 spiro atoms. The van der Waals surface area contributed by atoms with Crippen LogP contribution in [0.25, 0.3) is 11.1 Å². The van der Waals surface area contributed by atoms with E-state index in [0.29, 0.717) is 44.6 Å². The molecule has 4 heterocycles. The molecular weight excluding hydrogens is 534 g/mol. The number of ether oxygens (including phenoxy) is 1. The Kier molecular flexibility index (Phi) is 7.31. The number of amides is 3. The van der Waals surface area contributed by atoms with Crippen molar-refractivity contribution in [2.45, 2.75) is 69.4 Å². The Morgan fingerprint density at radius 2 is 1.71 bits per heavy atom. The molecule has 3 aromatic rings. The molecule has 220 valence electrons. The molecule has 0 N–H and O–H groups in total. The molecule has 3 fully saturated rings. The number of unbranched alkanes of at least 4 members (excludes halogenated alkanes) is 1. The predicted octanol–water partition coefficient (Wildman–Crippen LogP) is 5.87. The molecule has 10 heteroatoms. The van der Waals surface area contributed by atoms with Crippen molar-refractivity contribution < 1.29 is 23.7 Å². The smallest absolute Gasteiger partial charge is 0.409 e. The summed E-state index contributed by atoms with van der Waals surface area (Å²) in [5, 5.41) is 5.85. The second-order valence-electron chi connectivity index (χ2n) is 11.8. The standard InChI is InChI=1S/C32H37N5O5/c1-2-3-18-41-37-22-12-13-28(36(19-22)31(37)38)30-33-29(34-42-30)21-14-16-35(17-15-21)32(39)40-20-27-25-10-6-4-8-23(25)24-9-5-7-11-26(24)27/h4-11,21-22,27-28H,2-3,12-20H2,1H3/t22-,28-/m0/s1. The van der Waals surface area contributed by atoms with Crippen LogP contribution in [0.1, 0.15) is 86.2 Å². The Morgan fingerprint density at radius 3 is 2.43 bits per heavy atom. The fraction of sp³-hybridized carbons (Fsp3) is 0.500. The van der Waals surface area contributed by atoms with Crippen LogP contribution in [0.3, 0.4) is 0 Å². The van der Waals surface area contributed by atoms with Crippen LogP contribution in [0.15, 0.2) is 53.1 Å². The van der Waals surface area contributed by atoms with E-state index in [1.165, 1.54) is 22.3 Å². The van der Waals surface area contributed by atoms with E-state index in [1.54, 1.807) is 14.9 Å². The van der Waals surface area contributed by atoms with Crippen LogP contribution in [0.4, 0.5) is 9.59 Å². The summed E-state index contributed by atoms with van der Waals surface area (Å²) in [5.74, 6) is 1.29. The first-order valence-electron chi connectivity index (χ1n) is 15.3. The second kappa shape index (κ2) is 11.4. The molecule has 2 bridgehead atoms. The van der Waals surface area contributed by atoms with Gasteiger partial charge in [-0.05, 0) is 54.4 Å². The third-order valence-electron chi connectivity index (χ3n) is 9.25. The number of aromatic nitrogens is 2. The lowest BCUT2D eigenvalue weighted by Crippen LogP contribution is -2.39. The van der Waals surface area contributed by atoms with Gasteiger partial charge in [-0.3, -0.25) is 4.84 Å². The third kappa shape index (κ3) is 4.81. The van der Waals surface area contributed by atoms with E-state index in [2.05, 4.69) is 48.5 Å². The molecule has 3 amide bonds. The van der Waals surface area contributed by atoms with Gasteiger partial charge in [-0.2, -0.15) is 10.0 Å². The summed E-state index contributed by atoms with van der Waals surface area (Å²) < 4.78 is 11.6. The third-order valence-corrected chi connectivity index (χ3v) is 9.25. The highest BCUT2D eigenvalue weighted by molar-refractivity contribution is 5.79. The Labute approximate surface area is 245 Å². The maximum absolute atomic E-state index is 13.0. The molecule has 7 rings (SSSR count). The van der Waals surface area contributed by atoms with Gasteiger partial charge >= 0.3 is 12.1 Å². The normalized spacial score (nSPS) is 22.0. The summed E-state index contributed by atoms with van der Waals surface area (Å²) in [6, 6.07) is 16.4. The van der Waals surface area contributed by atoms with E-state index in [-0.39, 0.29) is 36.0 Å². The van der Waals surface area contributed by atoms with Crippen LogP contribution >= 0.6 is 0 Å². The highest BCUT2D eigenvalue weighted by Crippen LogP contribution is 2.44. The van der Waals surface area contributed by atoms with Crippen LogP contribution < -0.4 is 0 Å². The van der Waals surface area contributed by atoms with E-state index >= 15 is 0 Å². The number of nitrogens with zero attached hydrogens (tertiary/aromatic N) is 5. The van der Waals surface area contributed by atoms with Crippen molar-refractivity contribution >= 4 is 12.1 Å². The van der Waals surface area contributed by atoms with Crippen molar-refractivity contribution in [2.75, 3.05) is 32.8 Å². The molecule has 1 aromatic heterocycles. The number of carbonyl (C=O) groups excluding carboxylic acids is 2. The van der Waals surface area contributed by atoms with Gasteiger partial charge in [0, 0.05) is 31.5 Å². The lowest BCUT2D eigenvalue weighted by Gasteiger charge is -2.30. The number of hydroxylamine groups is 2. The van der Waals surface area contributed by atoms with Gasteiger partial charge in [-0.25, -0.2) is 9.59 Å². The SMILES string of the molecule is CCCCON1C(=O)N2C[C@@H]1CC[C@H]2c1nc(C2CCN(C(=O)OCC3c4ccccc4-c4ccccc43)CC2)no1. The summed E-state index contributed by atoms with van der Waals surface area (Å²) in [7, 11) is 0. The summed E-state index contributed by atoms with van der Waals surface area (Å²) in [6.07, 6.45) is 4.75. The molecular formula is C32H37N5O5. The highest BCUT2D eigenvalue weighted by Gasteiger charge is 2.48. The van der Waals surface area contributed by atoms with Gasteiger partial charge in [0.05, 0.1) is 12.6 Å². The number of benzene rings is 2. The van der Waals surface area contributed by atoms with Crippen molar-refractivity contribution in [1.29, 1.82) is 0 Å². The van der Waals surface area contributed by atoms with Crippen molar-refractivity contribution in [3.8, 4) is 11.1 Å². The van der Waals surface area contributed by atoms with Crippen LogP contribution in [-0.4, -0.2) is 76.0 Å². The second-order valence-corrected chi connectivity index (χ2v) is 11.8. The molecule has 42 heavy (non-hydrogen) atoms. The van der Waals surface area contributed by atoms with Gasteiger partial charge in [-0.15, -0.1) is 0 Å². The van der Waals surface area contributed by atoms with E-state index < -0.39 is 0 Å². The molecule has 0 saturated carbocycles. The maximum atomic E-state index is 13.0. The van der Waals surface area contributed by atoms with Crippen LogP contribution in [-0.2, 0) is 9.57 Å². The number of hydrogen-bond donors (Lipinski definition) is 0. The maximum Gasteiger partial charge on any atom is 0.409 e. The lowest BCUT2D eigenvalue weighted by atomic mass is 9.96. The number of rotatable bonds is 8.